The van der Waals surface area contributed by atoms with E-state index < -0.39 is 0 Å². The highest BCUT2D eigenvalue weighted by Gasteiger charge is 2.22. The van der Waals surface area contributed by atoms with Crippen LogP contribution < -0.4 is 5.32 Å². The summed E-state index contributed by atoms with van der Waals surface area (Å²) in [7, 11) is 0. The van der Waals surface area contributed by atoms with E-state index in [1.165, 1.54) is 51.6 Å². The van der Waals surface area contributed by atoms with Crippen LogP contribution in [-0.4, -0.2) is 13.1 Å². The summed E-state index contributed by atoms with van der Waals surface area (Å²) in [4.78, 5) is 0. The Morgan fingerprint density at radius 3 is 2.25 bits per heavy atom. The largest absolute Gasteiger partial charge is 0.316 e. The highest BCUT2D eigenvalue weighted by molar-refractivity contribution is 4.76. The highest BCUT2D eigenvalue weighted by atomic mass is 14.9. The normalized spacial score (nSPS) is 15.4. The van der Waals surface area contributed by atoms with Gasteiger partial charge in [-0.25, -0.2) is 0 Å². The zero-order valence-corrected chi connectivity index (χ0v) is 12.2. The maximum absolute atomic E-state index is 3.60. The molecule has 0 rings (SSSR count). The minimum Gasteiger partial charge on any atom is -0.316 e. The molecule has 1 nitrogen and oxygen atoms in total. The monoisotopic (exact) mass is 227 g/mol. The van der Waals surface area contributed by atoms with Crippen molar-refractivity contribution in [2.75, 3.05) is 13.1 Å². The van der Waals surface area contributed by atoms with Gasteiger partial charge >= 0.3 is 0 Å². The van der Waals surface area contributed by atoms with Crippen LogP contribution in [0.2, 0.25) is 0 Å². The molecule has 0 spiro atoms. The topological polar surface area (TPSA) is 12.0 Å². The number of hydrogen-bond donors (Lipinski definition) is 1. The summed E-state index contributed by atoms with van der Waals surface area (Å²) in [5.74, 6) is 0.856. The van der Waals surface area contributed by atoms with Gasteiger partial charge in [0.05, 0.1) is 0 Å². The Morgan fingerprint density at radius 1 is 1.06 bits per heavy atom. The average Bonchev–Trinajstić information content (AvgIpc) is 2.18. The van der Waals surface area contributed by atoms with Gasteiger partial charge in [-0.15, -0.1) is 0 Å². The molecule has 0 saturated carbocycles. The van der Waals surface area contributed by atoms with Crippen molar-refractivity contribution >= 4 is 0 Å². The summed E-state index contributed by atoms with van der Waals surface area (Å²) >= 11 is 0. The molecule has 0 saturated heterocycles. The van der Waals surface area contributed by atoms with Gasteiger partial charge in [0.2, 0.25) is 0 Å². The minimum absolute atomic E-state index is 0.527. The Hall–Kier alpha value is -0.0400. The van der Waals surface area contributed by atoms with Crippen molar-refractivity contribution in [2.24, 2.45) is 11.3 Å². The maximum atomic E-state index is 3.60. The number of rotatable bonds is 10. The third kappa shape index (κ3) is 8.15. The summed E-state index contributed by atoms with van der Waals surface area (Å²) in [6.45, 7) is 14.0. The fraction of sp³-hybridized carbons (Fsp3) is 1.00. The van der Waals surface area contributed by atoms with E-state index in [2.05, 4.69) is 39.9 Å². The molecule has 0 heterocycles. The fourth-order valence-corrected chi connectivity index (χ4v) is 2.41. The second kappa shape index (κ2) is 9.04. The molecule has 0 aromatic rings. The van der Waals surface area contributed by atoms with Crippen LogP contribution in [0, 0.1) is 11.3 Å². The first kappa shape index (κ1) is 16.0. The van der Waals surface area contributed by atoms with Crippen molar-refractivity contribution in [3.05, 3.63) is 0 Å². The standard InChI is InChI=1S/C15H33N/c1-6-10-15(5,13-16-12-7-2)11-8-9-14(3)4/h14,16H,6-13H2,1-5H3. The smallest absolute Gasteiger partial charge is 0.000516 e. The lowest BCUT2D eigenvalue weighted by molar-refractivity contribution is 0.243. The molecule has 0 amide bonds. The zero-order chi connectivity index (χ0) is 12.4. The molecule has 1 unspecified atom stereocenters. The molecule has 0 aromatic carbocycles. The van der Waals surface area contributed by atoms with Crippen LogP contribution in [0.1, 0.15) is 73.1 Å². The van der Waals surface area contributed by atoms with Gasteiger partial charge < -0.3 is 5.32 Å². The zero-order valence-electron chi connectivity index (χ0n) is 12.2. The quantitative estimate of drug-likeness (QED) is 0.537. The first-order valence-electron chi connectivity index (χ1n) is 7.24. The molecule has 16 heavy (non-hydrogen) atoms. The van der Waals surface area contributed by atoms with Crippen LogP contribution in [0.25, 0.3) is 0 Å². The molecule has 1 atom stereocenters. The van der Waals surface area contributed by atoms with Crippen LogP contribution in [0.4, 0.5) is 0 Å². The van der Waals surface area contributed by atoms with Crippen LogP contribution in [0.15, 0.2) is 0 Å². The summed E-state index contributed by atoms with van der Waals surface area (Å²) in [6.07, 6.45) is 8.08. The van der Waals surface area contributed by atoms with Crippen molar-refractivity contribution in [3.8, 4) is 0 Å². The molecular formula is C15H33N. The van der Waals surface area contributed by atoms with E-state index in [0.717, 1.165) is 5.92 Å². The molecule has 98 valence electrons. The lowest BCUT2D eigenvalue weighted by atomic mass is 9.80. The van der Waals surface area contributed by atoms with Gasteiger partial charge in [0.25, 0.3) is 0 Å². The maximum Gasteiger partial charge on any atom is 0.000516 e. The molecular weight excluding hydrogens is 194 g/mol. The second-order valence-electron chi connectivity index (χ2n) is 6.02. The second-order valence-corrected chi connectivity index (χ2v) is 6.02. The van der Waals surface area contributed by atoms with E-state index in [9.17, 15) is 0 Å². The van der Waals surface area contributed by atoms with Crippen LogP contribution in [-0.2, 0) is 0 Å². The van der Waals surface area contributed by atoms with Gasteiger partial charge in [-0.3, -0.25) is 0 Å². The summed E-state index contributed by atoms with van der Waals surface area (Å²) < 4.78 is 0. The SMILES string of the molecule is CCCNCC(C)(CCC)CCCC(C)C. The van der Waals surface area contributed by atoms with Gasteiger partial charge in [0, 0.05) is 6.54 Å². The summed E-state index contributed by atoms with van der Waals surface area (Å²) in [6, 6.07) is 0. The third-order valence-electron chi connectivity index (χ3n) is 3.39. The third-order valence-corrected chi connectivity index (χ3v) is 3.39. The number of nitrogens with one attached hydrogen (secondary N) is 1. The lowest BCUT2D eigenvalue weighted by Crippen LogP contribution is -2.32. The van der Waals surface area contributed by atoms with E-state index >= 15 is 0 Å². The van der Waals surface area contributed by atoms with Gasteiger partial charge in [0.1, 0.15) is 0 Å². The first-order chi connectivity index (χ1) is 7.54. The van der Waals surface area contributed by atoms with Crippen LogP contribution >= 0.6 is 0 Å². The van der Waals surface area contributed by atoms with E-state index in [4.69, 9.17) is 0 Å². The van der Waals surface area contributed by atoms with Crippen LogP contribution in [0.5, 0.6) is 0 Å². The Balaban J connectivity index is 3.90. The molecule has 0 bridgehead atoms. The highest BCUT2D eigenvalue weighted by Crippen LogP contribution is 2.29. The molecule has 0 radical (unpaired) electrons. The molecule has 0 aliphatic rings. The summed E-state index contributed by atoms with van der Waals surface area (Å²) in [5.41, 5.74) is 0.527. The van der Waals surface area contributed by atoms with Gasteiger partial charge in [-0.05, 0) is 37.1 Å². The molecule has 0 aromatic heterocycles. The minimum atomic E-state index is 0.527. The van der Waals surface area contributed by atoms with Gasteiger partial charge in [-0.2, -0.15) is 0 Å². The molecule has 0 aliphatic heterocycles. The molecule has 0 aliphatic carbocycles. The molecule has 1 heteroatoms. The van der Waals surface area contributed by atoms with E-state index in [1.54, 1.807) is 0 Å². The Morgan fingerprint density at radius 2 is 1.75 bits per heavy atom. The fourth-order valence-electron chi connectivity index (χ4n) is 2.41. The first-order valence-corrected chi connectivity index (χ1v) is 7.24. The predicted molar refractivity (Wildman–Crippen MR) is 74.9 cm³/mol. The van der Waals surface area contributed by atoms with Crippen molar-refractivity contribution in [3.63, 3.8) is 0 Å². The van der Waals surface area contributed by atoms with E-state index in [1.807, 2.05) is 0 Å². The molecule has 0 fully saturated rings. The Kier molecular flexibility index (Phi) is 9.02. The van der Waals surface area contributed by atoms with Crippen molar-refractivity contribution < 1.29 is 0 Å². The predicted octanol–water partition coefficient (Wildman–Crippen LogP) is 4.62. The summed E-state index contributed by atoms with van der Waals surface area (Å²) in [5, 5.41) is 3.60. The lowest BCUT2D eigenvalue weighted by Gasteiger charge is -2.30. The van der Waals surface area contributed by atoms with E-state index in [-0.39, 0.29) is 0 Å². The Labute approximate surface area is 103 Å². The molecule has 1 N–H and O–H groups in total. The average molecular weight is 227 g/mol. The van der Waals surface area contributed by atoms with Crippen LogP contribution in [0.3, 0.4) is 0 Å². The van der Waals surface area contributed by atoms with E-state index in [0.29, 0.717) is 5.41 Å². The van der Waals surface area contributed by atoms with Crippen molar-refractivity contribution in [1.82, 2.24) is 5.32 Å². The van der Waals surface area contributed by atoms with Gasteiger partial charge in [0.15, 0.2) is 0 Å². The Bertz CT molecular complexity index is 154. The van der Waals surface area contributed by atoms with Crippen molar-refractivity contribution in [1.29, 1.82) is 0 Å². The van der Waals surface area contributed by atoms with Crippen molar-refractivity contribution in [2.45, 2.75) is 73.1 Å². The van der Waals surface area contributed by atoms with Gasteiger partial charge in [-0.1, -0.05) is 53.9 Å². The number of hydrogen-bond acceptors (Lipinski definition) is 1.